The summed E-state index contributed by atoms with van der Waals surface area (Å²) in [7, 11) is 1.32. The van der Waals surface area contributed by atoms with E-state index in [0.29, 0.717) is 5.56 Å². The van der Waals surface area contributed by atoms with Crippen LogP contribution in [0.4, 0.5) is 0 Å². The number of nitrogens with two attached hydrogens (primary N) is 1. The van der Waals surface area contributed by atoms with Crippen LogP contribution in [0.2, 0.25) is 0 Å². The van der Waals surface area contributed by atoms with Crippen molar-refractivity contribution in [3.05, 3.63) is 28.2 Å². The number of carbonyl (C=O) groups is 1. The number of benzene rings is 1. The first-order valence-electron chi connectivity index (χ1n) is 5.13. The molecule has 0 saturated heterocycles. The van der Waals surface area contributed by atoms with E-state index in [-0.39, 0.29) is 5.75 Å². The van der Waals surface area contributed by atoms with E-state index in [0.717, 1.165) is 4.47 Å². The number of esters is 1. The molecule has 0 bridgehead atoms. The largest absolute Gasteiger partial charge is 0.508 e. The fourth-order valence-electron chi connectivity index (χ4n) is 1.56. The predicted octanol–water partition coefficient (Wildman–Crippen LogP) is 2.35. The van der Waals surface area contributed by atoms with Gasteiger partial charge in [0.2, 0.25) is 0 Å². The molecule has 94 valence electrons. The summed E-state index contributed by atoms with van der Waals surface area (Å²) in [5.41, 5.74) is 5.64. The number of phenolic OH excluding ortho intramolecular Hbond substituents is 1. The van der Waals surface area contributed by atoms with Gasteiger partial charge in [-0.2, -0.15) is 0 Å². The van der Waals surface area contributed by atoms with Crippen molar-refractivity contribution in [1.82, 2.24) is 0 Å². The van der Waals surface area contributed by atoms with Gasteiger partial charge in [0.05, 0.1) is 12.5 Å². The molecule has 0 unspecified atom stereocenters. The third-order valence-corrected chi connectivity index (χ3v) is 3.31. The maximum Gasteiger partial charge on any atom is 0.313 e. The van der Waals surface area contributed by atoms with Crippen LogP contribution < -0.4 is 5.73 Å². The second-order valence-corrected chi connectivity index (χ2v) is 5.31. The Bertz CT molecular complexity index is 432. The van der Waals surface area contributed by atoms with E-state index in [1.165, 1.54) is 7.11 Å². The van der Waals surface area contributed by atoms with Crippen LogP contribution in [0.1, 0.15) is 25.5 Å². The summed E-state index contributed by atoms with van der Waals surface area (Å²) in [6.07, 6.45) is 0. The van der Waals surface area contributed by atoms with Gasteiger partial charge in [-0.15, -0.1) is 0 Å². The van der Waals surface area contributed by atoms with E-state index in [9.17, 15) is 9.90 Å². The topological polar surface area (TPSA) is 72.5 Å². The van der Waals surface area contributed by atoms with Gasteiger partial charge in [0.25, 0.3) is 0 Å². The van der Waals surface area contributed by atoms with Gasteiger partial charge < -0.3 is 15.6 Å². The van der Waals surface area contributed by atoms with E-state index >= 15 is 0 Å². The van der Waals surface area contributed by atoms with Gasteiger partial charge in [0.1, 0.15) is 5.75 Å². The normalized spacial score (nSPS) is 13.2. The molecule has 1 aromatic rings. The molecule has 0 heterocycles. The minimum Gasteiger partial charge on any atom is -0.508 e. The predicted molar refractivity (Wildman–Crippen MR) is 68.5 cm³/mol. The first kappa shape index (κ1) is 14.0. The van der Waals surface area contributed by atoms with Crippen molar-refractivity contribution in [3.63, 3.8) is 0 Å². The number of hydrogen-bond acceptors (Lipinski definition) is 4. The van der Waals surface area contributed by atoms with Crippen LogP contribution in [-0.2, 0) is 9.53 Å². The molecule has 0 spiro atoms. The zero-order valence-corrected chi connectivity index (χ0v) is 11.6. The first-order chi connectivity index (χ1) is 7.80. The number of hydrogen-bond donors (Lipinski definition) is 2. The Hall–Kier alpha value is -1.07. The monoisotopic (exact) mass is 301 g/mol. The third kappa shape index (κ3) is 2.79. The van der Waals surface area contributed by atoms with Gasteiger partial charge in [-0.25, -0.2) is 0 Å². The molecule has 0 fully saturated rings. The summed E-state index contributed by atoms with van der Waals surface area (Å²) >= 11 is 3.25. The van der Waals surface area contributed by atoms with E-state index in [4.69, 9.17) is 10.5 Å². The molecular weight excluding hydrogens is 286 g/mol. The van der Waals surface area contributed by atoms with Crippen molar-refractivity contribution in [2.45, 2.75) is 19.9 Å². The Morgan fingerprint density at radius 2 is 2.12 bits per heavy atom. The highest BCUT2D eigenvalue weighted by atomic mass is 79.9. The summed E-state index contributed by atoms with van der Waals surface area (Å²) in [5, 5.41) is 9.82. The Balaban J connectivity index is 3.11. The summed E-state index contributed by atoms with van der Waals surface area (Å²) in [4.78, 5) is 11.6. The minimum atomic E-state index is -0.903. The molecule has 0 aliphatic rings. The molecule has 0 amide bonds. The average molecular weight is 302 g/mol. The second-order valence-electron chi connectivity index (χ2n) is 4.39. The SMILES string of the molecule is COC(=O)C(C)(C)[C@H](N)c1ccc(Br)cc1O. The Morgan fingerprint density at radius 1 is 1.53 bits per heavy atom. The zero-order valence-electron chi connectivity index (χ0n) is 10.0. The van der Waals surface area contributed by atoms with Crippen molar-refractivity contribution in [1.29, 1.82) is 0 Å². The van der Waals surface area contributed by atoms with Gasteiger partial charge in [-0.3, -0.25) is 4.79 Å². The van der Waals surface area contributed by atoms with Crippen LogP contribution in [0.15, 0.2) is 22.7 Å². The van der Waals surface area contributed by atoms with Crippen LogP contribution in [0.3, 0.4) is 0 Å². The van der Waals surface area contributed by atoms with Gasteiger partial charge in [-0.1, -0.05) is 22.0 Å². The molecule has 1 aromatic carbocycles. The van der Waals surface area contributed by atoms with Crippen LogP contribution >= 0.6 is 15.9 Å². The molecule has 0 aliphatic heterocycles. The molecular formula is C12H16BrNO3. The second kappa shape index (κ2) is 5.06. The van der Waals surface area contributed by atoms with Crippen molar-refractivity contribution < 1.29 is 14.6 Å². The van der Waals surface area contributed by atoms with Gasteiger partial charge in [-0.05, 0) is 26.0 Å². The summed E-state index contributed by atoms with van der Waals surface area (Å²) in [5.74, 6) is -0.351. The molecule has 0 saturated carbocycles. The van der Waals surface area contributed by atoms with Crippen LogP contribution in [0, 0.1) is 5.41 Å². The summed E-state index contributed by atoms with van der Waals surface area (Å²) in [6, 6.07) is 4.36. The fourth-order valence-corrected chi connectivity index (χ4v) is 1.91. The molecule has 1 rings (SSSR count). The number of phenols is 1. The maximum atomic E-state index is 11.6. The van der Waals surface area contributed by atoms with Gasteiger partial charge >= 0.3 is 5.97 Å². The van der Waals surface area contributed by atoms with E-state index in [2.05, 4.69) is 15.9 Å². The summed E-state index contributed by atoms with van der Waals surface area (Å²) < 4.78 is 5.46. The molecule has 17 heavy (non-hydrogen) atoms. The quantitative estimate of drug-likeness (QED) is 0.841. The lowest BCUT2D eigenvalue weighted by molar-refractivity contribution is -0.152. The Labute approximate surface area is 109 Å². The molecule has 0 radical (unpaired) electrons. The van der Waals surface area contributed by atoms with Gasteiger partial charge in [0.15, 0.2) is 0 Å². The number of rotatable bonds is 3. The highest BCUT2D eigenvalue weighted by molar-refractivity contribution is 9.10. The highest BCUT2D eigenvalue weighted by Crippen LogP contribution is 2.37. The number of halogens is 1. The molecule has 0 aromatic heterocycles. The Kier molecular flexibility index (Phi) is 4.16. The zero-order chi connectivity index (χ0) is 13.2. The standard InChI is InChI=1S/C12H16BrNO3/c1-12(2,11(16)17-3)10(14)8-5-4-7(13)6-9(8)15/h4-6,10,15H,14H2,1-3H3/t10-/m1/s1. The number of methoxy groups -OCH3 is 1. The van der Waals surface area contributed by atoms with Crippen LogP contribution in [0.5, 0.6) is 5.75 Å². The third-order valence-electron chi connectivity index (χ3n) is 2.82. The number of carbonyl (C=O) groups excluding carboxylic acids is 1. The molecule has 4 nitrogen and oxygen atoms in total. The molecule has 1 atom stereocenters. The Morgan fingerprint density at radius 3 is 2.59 bits per heavy atom. The lowest BCUT2D eigenvalue weighted by Gasteiger charge is -2.29. The van der Waals surface area contributed by atoms with E-state index in [1.807, 2.05) is 0 Å². The number of ether oxygens (including phenoxy) is 1. The minimum absolute atomic E-state index is 0.0591. The average Bonchev–Trinajstić information content (AvgIpc) is 2.27. The van der Waals surface area contributed by atoms with Crippen LogP contribution in [-0.4, -0.2) is 18.2 Å². The molecule has 0 aliphatic carbocycles. The lowest BCUT2D eigenvalue weighted by Crippen LogP contribution is -2.37. The molecule has 3 N–H and O–H groups in total. The smallest absolute Gasteiger partial charge is 0.313 e. The van der Waals surface area contributed by atoms with E-state index < -0.39 is 17.4 Å². The van der Waals surface area contributed by atoms with Crippen molar-refractivity contribution in [2.24, 2.45) is 11.1 Å². The van der Waals surface area contributed by atoms with E-state index in [1.54, 1.807) is 32.0 Å². The summed E-state index contributed by atoms with van der Waals surface area (Å²) in [6.45, 7) is 3.37. The lowest BCUT2D eigenvalue weighted by atomic mass is 9.81. The highest BCUT2D eigenvalue weighted by Gasteiger charge is 2.37. The first-order valence-corrected chi connectivity index (χ1v) is 5.92. The fraction of sp³-hybridized carbons (Fsp3) is 0.417. The maximum absolute atomic E-state index is 11.6. The van der Waals surface area contributed by atoms with Crippen LogP contribution in [0.25, 0.3) is 0 Å². The van der Waals surface area contributed by atoms with Crippen molar-refractivity contribution in [2.75, 3.05) is 7.11 Å². The van der Waals surface area contributed by atoms with Crippen molar-refractivity contribution >= 4 is 21.9 Å². The van der Waals surface area contributed by atoms with Gasteiger partial charge in [0, 0.05) is 16.1 Å². The van der Waals surface area contributed by atoms with Crippen molar-refractivity contribution in [3.8, 4) is 5.75 Å². The molecule has 5 heteroatoms. The number of aromatic hydroxyl groups is 1.